The van der Waals surface area contributed by atoms with Crippen LogP contribution in [0.25, 0.3) is 0 Å². The van der Waals surface area contributed by atoms with E-state index in [1.807, 2.05) is 0 Å². The maximum absolute atomic E-state index is 10.7. The first-order chi connectivity index (χ1) is 14.6. The smallest absolute Gasteiger partial charge is 0.485 e. The van der Waals surface area contributed by atoms with Crippen LogP contribution < -0.4 is 0 Å². The van der Waals surface area contributed by atoms with Crippen LogP contribution in [-0.4, -0.2) is 55.4 Å². The molecular weight excluding hydrogens is 615 g/mol. The molecule has 1 aliphatic rings. The zero-order valence-corrected chi connectivity index (χ0v) is 21.8. The van der Waals surface area contributed by atoms with Crippen molar-refractivity contribution in [3.8, 4) is 0 Å². The quantitative estimate of drug-likeness (QED) is 0.169. The van der Waals surface area contributed by atoms with E-state index in [4.69, 9.17) is 38.9 Å². The molecule has 0 aliphatic heterocycles. The molecule has 35 heavy (non-hydrogen) atoms. The van der Waals surface area contributed by atoms with Crippen molar-refractivity contribution in [3.05, 3.63) is 20.6 Å². The average Bonchev–Trinajstić information content (AvgIpc) is 2.66. The molecule has 0 amide bonds. The maximum Gasteiger partial charge on any atom is 0.485 e. The first-order valence-electron chi connectivity index (χ1n) is 7.81. The molecule has 0 fully saturated rings. The second kappa shape index (κ2) is 12.2. The Balaban J connectivity index is -0.000000396. The van der Waals surface area contributed by atoms with Crippen molar-refractivity contribution >= 4 is 30.4 Å². The predicted molar refractivity (Wildman–Crippen MR) is 92.1 cm³/mol. The fourth-order valence-corrected chi connectivity index (χ4v) is 2.18. The van der Waals surface area contributed by atoms with Gasteiger partial charge in [0.2, 0.25) is 0 Å². The van der Waals surface area contributed by atoms with Gasteiger partial charge in [-0.1, -0.05) is 0 Å². The third-order valence-corrected chi connectivity index (χ3v) is 7.18. The second-order valence-corrected chi connectivity index (χ2v) is 11.5. The van der Waals surface area contributed by atoms with Crippen LogP contribution in [0.15, 0.2) is 20.6 Å². The zero-order valence-electron chi connectivity index (χ0n) is 17.8. The van der Waals surface area contributed by atoms with Crippen LogP contribution in [-0.2, 0) is 50.8 Å². The molecule has 1 rings (SSSR count). The summed E-state index contributed by atoms with van der Waals surface area (Å²) < 4.78 is 178. The summed E-state index contributed by atoms with van der Waals surface area (Å²) in [5.41, 5.74) is -12.1. The van der Waals surface area contributed by atoms with Crippen LogP contribution in [0.2, 0.25) is 0 Å². The van der Waals surface area contributed by atoms with Crippen molar-refractivity contribution in [1.82, 2.24) is 0 Å². The third kappa shape index (κ3) is 12.9. The topological polar surface area (TPSA) is 172 Å². The molecule has 0 aromatic carbocycles. The van der Waals surface area contributed by atoms with Crippen LogP contribution in [0, 0.1) is 5.41 Å². The molecule has 0 N–H and O–H groups in total. The molecule has 0 spiro atoms. The Labute approximate surface area is 206 Å². The molecule has 0 atom stereocenters. The minimum Gasteiger partial charge on any atom is -0.741 e. The Hall–Kier alpha value is -0.706. The molecule has 22 heteroatoms. The van der Waals surface area contributed by atoms with Gasteiger partial charge < -0.3 is 13.7 Å². The van der Waals surface area contributed by atoms with Gasteiger partial charge in [-0.25, -0.2) is 25.3 Å². The molecule has 1 aliphatic carbocycles. The fourth-order valence-electron chi connectivity index (χ4n) is 1.59. The van der Waals surface area contributed by atoms with Gasteiger partial charge in [0, 0.05) is 0 Å². The first-order valence-corrected chi connectivity index (χ1v) is 12.8. The first kappa shape index (κ1) is 38.8. The molecule has 0 saturated carbocycles. The Kier molecular flexibility index (Phi) is 13.6. The Bertz CT molecular complexity index is 1000. The average molecular weight is 630 g/mol. The van der Waals surface area contributed by atoms with Gasteiger partial charge >= 0.3 is 97.6 Å². The number of hydrogen-bond donors (Lipinski definition) is 0. The third-order valence-electron chi connectivity index (χ3n) is 3.91. The van der Waals surface area contributed by atoms with E-state index in [1.54, 1.807) is 0 Å². The molecule has 0 heterocycles. The Morgan fingerprint density at radius 1 is 0.600 bits per heavy atom. The SMILES string of the molecule is CC1=C(C)C(C)(C)[C]([Ti+3])=C1C.O=S(=O)([O-])C(F)(F)F.O=S(=O)([O-])C(F)(F)F.O=S(=O)([O-])C(F)(F)F. The maximum atomic E-state index is 10.7. The van der Waals surface area contributed by atoms with E-state index in [0.717, 1.165) is 0 Å². The van der Waals surface area contributed by atoms with Gasteiger partial charge in [0.15, 0.2) is 30.4 Å². The normalized spacial score (nSPS) is 17.0. The van der Waals surface area contributed by atoms with Gasteiger partial charge in [-0.2, -0.15) is 39.5 Å². The van der Waals surface area contributed by atoms with Gasteiger partial charge in [-0.15, -0.1) is 0 Å². The molecule has 0 aromatic rings. The van der Waals surface area contributed by atoms with Gasteiger partial charge in [0.05, 0.1) is 0 Å². The molecule has 9 nitrogen and oxygen atoms in total. The second-order valence-electron chi connectivity index (χ2n) is 6.57. The molecule has 0 aromatic heterocycles. The number of alkyl halides is 9. The summed E-state index contributed by atoms with van der Waals surface area (Å²) in [6, 6.07) is 0. The van der Waals surface area contributed by atoms with Gasteiger partial charge in [-0.3, -0.25) is 0 Å². The van der Waals surface area contributed by atoms with Crippen molar-refractivity contribution in [2.24, 2.45) is 5.41 Å². The summed E-state index contributed by atoms with van der Waals surface area (Å²) in [6.07, 6.45) is 0. The van der Waals surface area contributed by atoms with E-state index in [-0.39, 0.29) is 0 Å². The monoisotopic (exact) mass is 630 g/mol. The van der Waals surface area contributed by atoms with Crippen molar-refractivity contribution in [1.29, 1.82) is 0 Å². The summed E-state index contributed by atoms with van der Waals surface area (Å²) >= 11 is 2.25. The largest absolute Gasteiger partial charge is 0.741 e. The van der Waals surface area contributed by atoms with Crippen molar-refractivity contribution < 1.29 is 98.9 Å². The standard InChI is InChI=1S/C10H15.3CHF3O3S.Ti/c1-7-6-10(4,5)9(3)8(7)2;3*2-1(3,4)8(5,6)7;/h1-5H3;3*(H,5,6,7);/q;;;;+3/p-3. The van der Waals surface area contributed by atoms with Crippen LogP contribution in [0.5, 0.6) is 0 Å². The van der Waals surface area contributed by atoms with Crippen molar-refractivity contribution in [2.45, 2.75) is 51.1 Å². The Morgan fingerprint density at radius 3 is 0.800 bits per heavy atom. The van der Waals surface area contributed by atoms with Crippen LogP contribution in [0.4, 0.5) is 39.5 Å². The molecule has 0 bridgehead atoms. The Morgan fingerprint density at radius 2 is 0.771 bits per heavy atom. The summed E-state index contributed by atoms with van der Waals surface area (Å²) in [5, 5.41) is 0. The van der Waals surface area contributed by atoms with E-state index in [9.17, 15) is 39.5 Å². The minimum absolute atomic E-state index is 0.314. The number of rotatable bonds is 0. The van der Waals surface area contributed by atoms with Crippen molar-refractivity contribution in [2.75, 3.05) is 0 Å². The number of allylic oxidation sites excluding steroid dienone is 4. The predicted octanol–water partition coefficient (Wildman–Crippen LogP) is 3.34. The fraction of sp³-hybridized carbons (Fsp3) is 0.692. The summed E-state index contributed by atoms with van der Waals surface area (Å²) in [5.74, 6) is 0. The van der Waals surface area contributed by atoms with Crippen molar-refractivity contribution in [3.63, 3.8) is 0 Å². The van der Waals surface area contributed by atoms with Gasteiger partial charge in [-0.05, 0) is 0 Å². The van der Waals surface area contributed by atoms with E-state index in [0.29, 0.717) is 5.41 Å². The van der Waals surface area contributed by atoms with Crippen LogP contribution >= 0.6 is 0 Å². The van der Waals surface area contributed by atoms with Crippen LogP contribution in [0.3, 0.4) is 0 Å². The van der Waals surface area contributed by atoms with Gasteiger partial charge in [0.1, 0.15) is 0 Å². The zero-order chi connectivity index (χ0) is 29.8. The summed E-state index contributed by atoms with van der Waals surface area (Å²) in [7, 11) is -18.3. The van der Waals surface area contributed by atoms with Gasteiger partial charge in [0.25, 0.3) is 0 Å². The minimum atomic E-state index is -6.09. The molecular formula is C13H15F9O9S3Ti. The molecule has 0 unspecified atom stereocenters. The summed E-state index contributed by atoms with van der Waals surface area (Å²) in [6.45, 7) is 11.3. The van der Waals surface area contributed by atoms with Crippen LogP contribution in [0.1, 0.15) is 34.6 Å². The van der Waals surface area contributed by atoms with E-state index in [1.165, 1.54) is 20.6 Å². The number of halogens is 9. The number of hydrogen-bond acceptors (Lipinski definition) is 9. The van der Waals surface area contributed by atoms with E-state index in [2.05, 4.69) is 55.1 Å². The molecule has 0 saturated heterocycles. The molecule has 206 valence electrons. The summed E-state index contributed by atoms with van der Waals surface area (Å²) in [4.78, 5) is 0. The van der Waals surface area contributed by atoms with E-state index >= 15 is 0 Å². The molecule has 0 radical (unpaired) electrons. The van der Waals surface area contributed by atoms with E-state index < -0.39 is 46.9 Å².